The zero-order valence-corrected chi connectivity index (χ0v) is 17.1. The third-order valence-electron chi connectivity index (χ3n) is 5.92. The molecule has 0 radical (unpaired) electrons. The number of aryl methyl sites for hydroxylation is 1. The molecule has 3 aliphatic rings. The Morgan fingerprint density at radius 2 is 1.93 bits per heavy atom. The highest BCUT2D eigenvalue weighted by Crippen LogP contribution is 2.41. The minimum Gasteiger partial charge on any atom is -0.486 e. The van der Waals surface area contributed by atoms with E-state index < -0.39 is 5.72 Å². The Balaban J connectivity index is 1.61. The molecule has 0 amide bonds. The number of benzene rings is 2. The second-order valence-electron chi connectivity index (χ2n) is 7.62. The van der Waals surface area contributed by atoms with Crippen molar-refractivity contribution >= 4 is 22.6 Å². The summed E-state index contributed by atoms with van der Waals surface area (Å²) < 4.78 is 13.6. The normalized spacial score (nSPS) is 23.8. The molecule has 28 heavy (non-hydrogen) atoms. The lowest BCUT2D eigenvalue weighted by molar-refractivity contribution is -0.656. The lowest BCUT2D eigenvalue weighted by Crippen LogP contribution is -2.41. The first-order chi connectivity index (χ1) is 13.6. The zero-order chi connectivity index (χ0) is 19.3. The second-order valence-corrected chi connectivity index (χ2v) is 8.68. The van der Waals surface area contributed by atoms with Gasteiger partial charge in [-0.2, -0.15) is 0 Å². The van der Waals surface area contributed by atoms with Crippen LogP contribution in [0.3, 0.4) is 0 Å². The van der Waals surface area contributed by atoms with Crippen molar-refractivity contribution < 1.29 is 19.2 Å². The maximum absolute atomic E-state index is 11.9. The van der Waals surface area contributed by atoms with Crippen molar-refractivity contribution in [3.63, 3.8) is 0 Å². The fraction of sp³-hybridized carbons (Fsp3) is 0.409. The van der Waals surface area contributed by atoms with Crippen molar-refractivity contribution in [2.24, 2.45) is 0 Å². The zero-order valence-electron chi connectivity index (χ0n) is 16.3. The Morgan fingerprint density at radius 3 is 2.79 bits per heavy atom. The Bertz CT molecular complexity index is 974. The van der Waals surface area contributed by atoms with Gasteiger partial charge in [-0.15, -0.1) is 0 Å². The number of fused-ring (bicyclic) bond motifs is 1. The first-order valence-electron chi connectivity index (χ1n) is 9.81. The van der Waals surface area contributed by atoms with E-state index in [1.807, 2.05) is 30.0 Å². The van der Waals surface area contributed by atoms with E-state index in [9.17, 15) is 5.11 Å². The molecular weight excluding hydrogens is 372 g/mol. The monoisotopic (exact) mass is 397 g/mol. The third-order valence-corrected chi connectivity index (χ3v) is 7.11. The summed E-state index contributed by atoms with van der Waals surface area (Å²) in [7, 11) is 0. The van der Waals surface area contributed by atoms with Crippen LogP contribution in [0.2, 0.25) is 0 Å². The molecule has 6 heteroatoms. The number of ether oxygens (including phenoxy) is 2. The van der Waals surface area contributed by atoms with Gasteiger partial charge in [-0.1, -0.05) is 12.1 Å². The van der Waals surface area contributed by atoms with Crippen LogP contribution >= 0.6 is 11.8 Å². The summed E-state index contributed by atoms with van der Waals surface area (Å²) in [5, 5.41) is 13.0. The van der Waals surface area contributed by atoms with Gasteiger partial charge in [0.1, 0.15) is 18.9 Å². The van der Waals surface area contributed by atoms with Gasteiger partial charge in [-0.05, 0) is 67.4 Å². The van der Waals surface area contributed by atoms with Gasteiger partial charge in [0.05, 0.1) is 6.54 Å². The highest BCUT2D eigenvalue weighted by Gasteiger charge is 2.53. The average molecular weight is 398 g/mol. The van der Waals surface area contributed by atoms with Gasteiger partial charge in [0, 0.05) is 11.3 Å². The van der Waals surface area contributed by atoms with Crippen LogP contribution in [0.1, 0.15) is 23.1 Å². The average Bonchev–Trinajstić information content (AvgIpc) is 3.04. The smallest absolute Gasteiger partial charge is 0.316 e. The van der Waals surface area contributed by atoms with Crippen molar-refractivity contribution in [1.29, 1.82) is 0 Å². The molecule has 0 fully saturated rings. The van der Waals surface area contributed by atoms with Gasteiger partial charge in [0.25, 0.3) is 5.72 Å². The molecule has 2 aromatic carbocycles. The first-order valence-corrected chi connectivity index (χ1v) is 10.8. The van der Waals surface area contributed by atoms with Crippen molar-refractivity contribution in [2.75, 3.05) is 37.0 Å². The minimum atomic E-state index is -1.09. The summed E-state index contributed by atoms with van der Waals surface area (Å²) in [6, 6.07) is 12.2. The van der Waals surface area contributed by atoms with E-state index >= 15 is 0 Å². The molecule has 1 atom stereocenters. The fourth-order valence-corrected chi connectivity index (χ4v) is 5.43. The Morgan fingerprint density at radius 1 is 1.11 bits per heavy atom. The largest absolute Gasteiger partial charge is 0.486 e. The number of hydrogen-bond donors (Lipinski definition) is 1. The molecule has 0 aliphatic carbocycles. The van der Waals surface area contributed by atoms with Crippen LogP contribution < -0.4 is 14.4 Å². The lowest BCUT2D eigenvalue weighted by Gasteiger charge is -2.26. The molecule has 5 rings (SSSR count). The molecule has 2 aromatic rings. The molecule has 3 aliphatic heterocycles. The molecule has 3 heterocycles. The summed E-state index contributed by atoms with van der Waals surface area (Å²) in [6.07, 6.45) is 1.06. The number of hydrogen-bond acceptors (Lipinski definition) is 5. The van der Waals surface area contributed by atoms with E-state index in [2.05, 4.69) is 41.5 Å². The van der Waals surface area contributed by atoms with Gasteiger partial charge in [-0.25, -0.2) is 9.48 Å². The summed E-state index contributed by atoms with van der Waals surface area (Å²) in [5.41, 5.74) is 3.45. The second kappa shape index (κ2) is 6.71. The van der Waals surface area contributed by atoms with E-state index in [-0.39, 0.29) is 0 Å². The van der Waals surface area contributed by atoms with Crippen molar-refractivity contribution in [1.82, 2.24) is 0 Å². The van der Waals surface area contributed by atoms with Gasteiger partial charge in [-0.3, -0.25) is 0 Å². The third kappa shape index (κ3) is 2.70. The molecule has 5 nitrogen and oxygen atoms in total. The van der Waals surface area contributed by atoms with E-state index in [0.29, 0.717) is 25.5 Å². The highest BCUT2D eigenvalue weighted by atomic mass is 32.2. The summed E-state index contributed by atoms with van der Waals surface area (Å²) in [4.78, 5) is 2.28. The van der Waals surface area contributed by atoms with E-state index in [1.54, 1.807) is 0 Å². The van der Waals surface area contributed by atoms with Crippen LogP contribution in [0.5, 0.6) is 11.5 Å². The quantitative estimate of drug-likeness (QED) is 0.789. The SMILES string of the molecule is Cc1cccc(N2CC(O)(c3ccc4c(c3)OCCO4)[N+]3=C2SCCC3)c1C. The molecule has 0 aromatic heterocycles. The minimum absolute atomic E-state index is 0.499. The predicted octanol–water partition coefficient (Wildman–Crippen LogP) is 3.25. The van der Waals surface area contributed by atoms with Crippen LogP contribution in [0.4, 0.5) is 5.69 Å². The predicted molar refractivity (Wildman–Crippen MR) is 112 cm³/mol. The molecule has 146 valence electrons. The van der Waals surface area contributed by atoms with E-state index in [1.165, 1.54) is 16.8 Å². The van der Waals surface area contributed by atoms with E-state index in [0.717, 1.165) is 35.2 Å². The number of aliphatic hydroxyl groups is 1. The molecule has 0 spiro atoms. The summed E-state index contributed by atoms with van der Waals surface area (Å²) in [6.45, 7) is 6.74. The van der Waals surface area contributed by atoms with Gasteiger partial charge < -0.3 is 14.6 Å². The maximum atomic E-state index is 11.9. The number of nitrogens with zero attached hydrogens (tertiary/aromatic N) is 2. The Hall–Kier alpha value is -2.18. The Kier molecular flexibility index (Phi) is 4.29. The van der Waals surface area contributed by atoms with Crippen LogP contribution in [-0.4, -0.2) is 46.9 Å². The lowest BCUT2D eigenvalue weighted by atomic mass is 10.0. The van der Waals surface area contributed by atoms with Crippen molar-refractivity contribution in [3.05, 3.63) is 53.1 Å². The standard InChI is InChI=1S/C22H25N2O3S/c1-15-5-3-6-18(16(15)2)23-14-22(25,24-9-4-12-28-21(23)24)17-7-8-19-20(13-17)27-11-10-26-19/h3,5-8,13,25H,4,9-12,14H2,1-2H3/q+1. The van der Waals surface area contributed by atoms with Gasteiger partial charge >= 0.3 is 5.17 Å². The molecular formula is C22H25N2O3S+. The molecule has 0 saturated heterocycles. The number of amidine groups is 1. The van der Waals surface area contributed by atoms with Gasteiger partial charge in [0.2, 0.25) is 0 Å². The maximum Gasteiger partial charge on any atom is 0.316 e. The molecule has 0 saturated carbocycles. The number of β-amino-alcohol motifs (C(OH)–C–C–N with tert-alkyl or cyclic N) is 1. The summed E-state index contributed by atoms with van der Waals surface area (Å²) >= 11 is 1.83. The summed E-state index contributed by atoms with van der Waals surface area (Å²) in [5.74, 6) is 2.54. The number of thioether (sulfide) groups is 1. The van der Waals surface area contributed by atoms with Crippen LogP contribution in [0, 0.1) is 13.8 Å². The first kappa shape index (κ1) is 17.9. The fourth-order valence-electron chi connectivity index (χ4n) is 4.26. The highest BCUT2D eigenvalue weighted by molar-refractivity contribution is 8.13. The Labute approximate surface area is 169 Å². The van der Waals surface area contributed by atoms with Crippen LogP contribution in [0.25, 0.3) is 0 Å². The molecule has 0 bridgehead atoms. The van der Waals surface area contributed by atoms with Crippen molar-refractivity contribution in [3.8, 4) is 11.5 Å². The molecule has 1 N–H and O–H groups in total. The number of rotatable bonds is 2. The van der Waals surface area contributed by atoms with Crippen LogP contribution in [-0.2, 0) is 5.72 Å². The topological polar surface area (TPSA) is 44.9 Å². The number of anilines is 1. The van der Waals surface area contributed by atoms with E-state index in [4.69, 9.17) is 9.47 Å². The van der Waals surface area contributed by atoms with Gasteiger partial charge in [0.15, 0.2) is 18.0 Å². The van der Waals surface area contributed by atoms with Crippen LogP contribution in [0.15, 0.2) is 36.4 Å². The van der Waals surface area contributed by atoms with Crippen molar-refractivity contribution in [2.45, 2.75) is 26.0 Å². The molecule has 1 unspecified atom stereocenters.